The Balaban J connectivity index is 1.88. The first-order chi connectivity index (χ1) is 13.1. The van der Waals surface area contributed by atoms with E-state index in [1.165, 1.54) is 11.3 Å². The number of ether oxygens (including phenoxy) is 2. The number of methoxy groups -OCH3 is 1. The number of carbonyl (C=O) groups excluding carboxylic acids is 1. The van der Waals surface area contributed by atoms with Crippen molar-refractivity contribution < 1.29 is 14.3 Å². The zero-order valence-corrected chi connectivity index (χ0v) is 17.7. The molecule has 0 N–H and O–H groups in total. The minimum absolute atomic E-state index is 0.170. The molecule has 0 radical (unpaired) electrons. The molecule has 0 aliphatic rings. The van der Waals surface area contributed by atoms with E-state index in [1.54, 1.807) is 7.11 Å². The second kappa shape index (κ2) is 9.30. The minimum Gasteiger partial charge on any atom is -0.494 e. The molecule has 0 unspecified atom stereocenters. The average Bonchev–Trinajstić information content (AvgIpc) is 2.97. The van der Waals surface area contributed by atoms with Crippen LogP contribution in [-0.4, -0.2) is 30.8 Å². The number of thiazole rings is 1. The largest absolute Gasteiger partial charge is 0.494 e. The molecule has 3 aromatic rings. The van der Waals surface area contributed by atoms with E-state index in [1.807, 2.05) is 54.0 Å². The van der Waals surface area contributed by atoms with Crippen LogP contribution in [0.15, 0.2) is 51.9 Å². The summed E-state index contributed by atoms with van der Waals surface area (Å²) in [5, 5.41) is 0. The maximum atomic E-state index is 12.5. The van der Waals surface area contributed by atoms with E-state index in [0.29, 0.717) is 24.6 Å². The number of hydrogen-bond donors (Lipinski definition) is 0. The summed E-state index contributed by atoms with van der Waals surface area (Å²) in [6.45, 7) is 3.77. The van der Waals surface area contributed by atoms with E-state index < -0.39 is 0 Å². The maximum Gasteiger partial charge on any atom is 0.252 e. The highest BCUT2D eigenvalue weighted by Gasteiger charge is 2.09. The first-order valence-corrected chi connectivity index (χ1v) is 10.3. The van der Waals surface area contributed by atoms with Gasteiger partial charge in [-0.3, -0.25) is 4.79 Å². The van der Waals surface area contributed by atoms with Crippen LogP contribution in [0.3, 0.4) is 0 Å². The van der Waals surface area contributed by atoms with Crippen molar-refractivity contribution >= 4 is 43.4 Å². The minimum atomic E-state index is -0.170. The highest BCUT2D eigenvalue weighted by Crippen LogP contribution is 2.22. The van der Waals surface area contributed by atoms with Gasteiger partial charge in [0, 0.05) is 18.1 Å². The van der Waals surface area contributed by atoms with Gasteiger partial charge in [0.2, 0.25) is 0 Å². The molecule has 0 aliphatic carbocycles. The van der Waals surface area contributed by atoms with E-state index in [2.05, 4.69) is 20.9 Å². The van der Waals surface area contributed by atoms with Crippen LogP contribution >= 0.6 is 27.3 Å². The topological polar surface area (TPSA) is 52.8 Å². The van der Waals surface area contributed by atoms with Gasteiger partial charge in [-0.2, -0.15) is 4.99 Å². The molecule has 0 fully saturated rings. The monoisotopic (exact) mass is 448 g/mol. The lowest BCUT2D eigenvalue weighted by molar-refractivity contribution is -0.117. The highest BCUT2D eigenvalue weighted by molar-refractivity contribution is 9.10. The van der Waals surface area contributed by atoms with Crippen molar-refractivity contribution in [3.05, 3.63) is 57.3 Å². The molecule has 0 spiro atoms. The maximum absolute atomic E-state index is 12.5. The smallest absolute Gasteiger partial charge is 0.252 e. The molecule has 27 heavy (non-hydrogen) atoms. The van der Waals surface area contributed by atoms with Crippen molar-refractivity contribution in [2.75, 3.05) is 20.3 Å². The number of carbonyl (C=O) groups is 1. The van der Waals surface area contributed by atoms with Crippen LogP contribution < -0.4 is 9.54 Å². The molecule has 0 atom stereocenters. The third kappa shape index (κ3) is 5.06. The van der Waals surface area contributed by atoms with E-state index in [-0.39, 0.29) is 12.3 Å². The molecule has 3 rings (SSSR count). The predicted molar refractivity (Wildman–Crippen MR) is 111 cm³/mol. The van der Waals surface area contributed by atoms with Gasteiger partial charge in [-0.05, 0) is 42.8 Å². The normalized spacial score (nSPS) is 11.9. The quantitative estimate of drug-likeness (QED) is 0.544. The van der Waals surface area contributed by atoms with Crippen molar-refractivity contribution in [1.82, 2.24) is 4.57 Å². The molecule has 0 bridgehead atoms. The van der Waals surface area contributed by atoms with Crippen molar-refractivity contribution in [3.63, 3.8) is 0 Å². The van der Waals surface area contributed by atoms with Gasteiger partial charge in [0.05, 0.1) is 29.9 Å². The Hall–Kier alpha value is -1.96. The second-order valence-corrected chi connectivity index (χ2v) is 7.83. The van der Waals surface area contributed by atoms with Gasteiger partial charge in [-0.25, -0.2) is 0 Å². The average molecular weight is 449 g/mol. The molecule has 0 saturated carbocycles. The van der Waals surface area contributed by atoms with E-state index in [0.717, 1.165) is 26.0 Å². The Bertz CT molecular complexity index is 993. The molecule has 0 saturated heterocycles. The number of halogens is 1. The predicted octanol–water partition coefficient (Wildman–Crippen LogP) is 4.18. The molecule has 2 aromatic carbocycles. The van der Waals surface area contributed by atoms with Crippen LogP contribution in [-0.2, 0) is 22.5 Å². The number of amides is 1. The molecular formula is C20H21BrN2O3S. The van der Waals surface area contributed by atoms with Crippen LogP contribution in [0.25, 0.3) is 10.2 Å². The number of hydrogen-bond acceptors (Lipinski definition) is 4. The Kier molecular flexibility index (Phi) is 6.82. The molecule has 1 amide bonds. The van der Waals surface area contributed by atoms with Gasteiger partial charge in [0.25, 0.3) is 5.91 Å². The second-order valence-electron chi connectivity index (χ2n) is 5.90. The standard InChI is InChI=1S/C20H21BrN2O3S/c1-3-26-16-7-4-14(5-8-16)12-19(24)22-20-23(10-11-25-2)17-9-6-15(21)13-18(17)27-20/h4-9,13H,3,10-12H2,1-2H3. The van der Waals surface area contributed by atoms with Gasteiger partial charge >= 0.3 is 0 Å². The number of aromatic nitrogens is 1. The summed E-state index contributed by atoms with van der Waals surface area (Å²) in [6.07, 6.45) is 0.259. The summed E-state index contributed by atoms with van der Waals surface area (Å²) in [6, 6.07) is 13.6. The summed E-state index contributed by atoms with van der Waals surface area (Å²) >= 11 is 5.00. The third-order valence-corrected chi connectivity index (χ3v) is 5.51. The van der Waals surface area contributed by atoms with Gasteiger partial charge in [0.15, 0.2) is 4.80 Å². The zero-order valence-electron chi connectivity index (χ0n) is 15.3. The number of fused-ring (bicyclic) bond motifs is 1. The fraction of sp³-hybridized carbons (Fsp3) is 0.300. The molecule has 5 nitrogen and oxygen atoms in total. The highest BCUT2D eigenvalue weighted by atomic mass is 79.9. The van der Waals surface area contributed by atoms with Crippen molar-refractivity contribution in [3.8, 4) is 5.75 Å². The van der Waals surface area contributed by atoms with Gasteiger partial charge in [-0.15, -0.1) is 0 Å². The summed E-state index contributed by atoms with van der Waals surface area (Å²) in [4.78, 5) is 17.6. The Morgan fingerprint density at radius 2 is 2.00 bits per heavy atom. The van der Waals surface area contributed by atoms with Gasteiger partial charge in [-0.1, -0.05) is 39.4 Å². The Morgan fingerprint density at radius 1 is 1.22 bits per heavy atom. The van der Waals surface area contributed by atoms with Crippen LogP contribution in [0.1, 0.15) is 12.5 Å². The molecule has 1 heterocycles. The lowest BCUT2D eigenvalue weighted by atomic mass is 10.1. The van der Waals surface area contributed by atoms with Crippen molar-refractivity contribution in [1.29, 1.82) is 0 Å². The summed E-state index contributed by atoms with van der Waals surface area (Å²) in [5.74, 6) is 0.633. The van der Waals surface area contributed by atoms with Gasteiger partial charge < -0.3 is 14.0 Å². The molecular weight excluding hydrogens is 428 g/mol. The lowest BCUT2D eigenvalue weighted by Gasteiger charge is -2.05. The van der Waals surface area contributed by atoms with Crippen LogP contribution in [0.4, 0.5) is 0 Å². The van der Waals surface area contributed by atoms with E-state index >= 15 is 0 Å². The third-order valence-electron chi connectivity index (χ3n) is 3.97. The summed E-state index contributed by atoms with van der Waals surface area (Å²) in [7, 11) is 1.67. The van der Waals surface area contributed by atoms with Crippen LogP contribution in [0.5, 0.6) is 5.75 Å². The van der Waals surface area contributed by atoms with Gasteiger partial charge in [0.1, 0.15) is 5.75 Å². The Morgan fingerprint density at radius 3 is 2.70 bits per heavy atom. The lowest BCUT2D eigenvalue weighted by Crippen LogP contribution is -2.19. The molecule has 142 valence electrons. The first kappa shape index (κ1) is 19.8. The van der Waals surface area contributed by atoms with Crippen molar-refractivity contribution in [2.45, 2.75) is 19.9 Å². The number of nitrogens with zero attached hydrogens (tertiary/aromatic N) is 2. The fourth-order valence-corrected chi connectivity index (χ4v) is 4.35. The van der Waals surface area contributed by atoms with Crippen LogP contribution in [0.2, 0.25) is 0 Å². The number of rotatable bonds is 7. The SMILES string of the molecule is CCOc1ccc(CC(=O)N=c2sc3cc(Br)ccc3n2CCOC)cc1. The Labute approximate surface area is 170 Å². The first-order valence-electron chi connectivity index (χ1n) is 8.68. The number of benzene rings is 2. The molecule has 0 aliphatic heterocycles. The fourth-order valence-electron chi connectivity index (χ4n) is 2.72. The van der Waals surface area contributed by atoms with Crippen LogP contribution in [0, 0.1) is 0 Å². The molecule has 7 heteroatoms. The summed E-state index contributed by atoms with van der Waals surface area (Å²) in [5.41, 5.74) is 1.97. The summed E-state index contributed by atoms with van der Waals surface area (Å²) < 4.78 is 14.8. The van der Waals surface area contributed by atoms with E-state index in [9.17, 15) is 4.79 Å². The molecule has 1 aromatic heterocycles. The van der Waals surface area contributed by atoms with E-state index in [4.69, 9.17) is 9.47 Å². The zero-order chi connectivity index (χ0) is 19.2. The van der Waals surface area contributed by atoms with Crippen molar-refractivity contribution in [2.24, 2.45) is 4.99 Å².